The van der Waals surface area contributed by atoms with Crippen LogP contribution in [-0.4, -0.2) is 38.9 Å². The van der Waals surface area contributed by atoms with E-state index in [0.29, 0.717) is 17.4 Å². The van der Waals surface area contributed by atoms with Crippen molar-refractivity contribution in [3.05, 3.63) is 107 Å². The van der Waals surface area contributed by atoms with E-state index in [0.717, 1.165) is 0 Å². The maximum Gasteiger partial charge on any atom is 0.338 e. The van der Waals surface area contributed by atoms with Crippen molar-refractivity contribution in [3.63, 3.8) is 0 Å². The number of nitrogens with one attached hydrogen (secondary N) is 1. The number of benzene rings is 2. The lowest BCUT2D eigenvalue weighted by molar-refractivity contribution is -0.110. The molecule has 1 aliphatic rings. The summed E-state index contributed by atoms with van der Waals surface area (Å²) in [5.41, 5.74) is -0.388. The molecule has 0 radical (unpaired) electrons. The molecule has 1 aliphatic heterocycles. The zero-order valence-electron chi connectivity index (χ0n) is 19.5. The van der Waals surface area contributed by atoms with E-state index in [4.69, 9.17) is 9.47 Å². The van der Waals surface area contributed by atoms with Gasteiger partial charge in [-0.3, -0.25) is 9.59 Å². The minimum atomic E-state index is -1.92. The Morgan fingerprint density at radius 3 is 2.41 bits per heavy atom. The number of carbonyl (C=O) groups excluding carboxylic acids is 3. The van der Waals surface area contributed by atoms with Crippen LogP contribution < -0.4 is 5.32 Å². The van der Waals surface area contributed by atoms with Crippen LogP contribution in [0.15, 0.2) is 90.5 Å². The van der Waals surface area contributed by atoms with Gasteiger partial charge in [-0.2, -0.15) is 10.4 Å². The van der Waals surface area contributed by atoms with Gasteiger partial charge >= 0.3 is 5.97 Å². The summed E-state index contributed by atoms with van der Waals surface area (Å²) in [7, 11) is 0. The molecule has 2 atom stereocenters. The van der Waals surface area contributed by atoms with Crippen molar-refractivity contribution in [2.24, 2.45) is 0 Å². The van der Waals surface area contributed by atoms with Crippen LogP contribution in [0.25, 0.3) is 5.52 Å². The molecule has 2 aromatic heterocycles. The second-order valence-electron chi connectivity index (χ2n) is 8.21. The van der Waals surface area contributed by atoms with Crippen molar-refractivity contribution in [1.29, 1.82) is 5.26 Å². The third kappa shape index (κ3) is 3.98. The number of aromatic nitrogens is 3. The Bertz CT molecular complexity index is 1590. The summed E-state index contributed by atoms with van der Waals surface area (Å²) in [5, 5.41) is 17.3. The molecule has 5 rings (SSSR count). The average Bonchev–Trinajstić information content (AvgIpc) is 3.50. The number of fused-ring (bicyclic) bond motifs is 1. The van der Waals surface area contributed by atoms with E-state index in [1.54, 1.807) is 79.7 Å². The maximum absolute atomic E-state index is 12.9. The number of hydrogen-bond acceptors (Lipinski definition) is 8. The molecule has 1 N–H and O–H groups in total. The molecule has 1 amide bonds. The van der Waals surface area contributed by atoms with Crippen LogP contribution in [0.5, 0.6) is 0 Å². The summed E-state index contributed by atoms with van der Waals surface area (Å²) in [6.07, 6.45) is 0.428. The summed E-state index contributed by atoms with van der Waals surface area (Å²) >= 11 is 0. The first kappa shape index (κ1) is 23.4. The Hall–Kier alpha value is -5.30. The highest BCUT2D eigenvalue weighted by Crippen LogP contribution is 2.44. The minimum Gasteiger partial charge on any atom is -0.459 e. The van der Waals surface area contributed by atoms with E-state index in [-0.39, 0.29) is 34.3 Å². The molecule has 37 heavy (non-hydrogen) atoms. The van der Waals surface area contributed by atoms with Crippen LogP contribution in [0.4, 0.5) is 5.82 Å². The largest absolute Gasteiger partial charge is 0.459 e. The van der Waals surface area contributed by atoms with E-state index in [9.17, 15) is 19.6 Å². The Morgan fingerprint density at radius 1 is 1.08 bits per heavy atom. The molecule has 0 saturated heterocycles. The van der Waals surface area contributed by atoms with Gasteiger partial charge in [-0.15, -0.1) is 0 Å². The van der Waals surface area contributed by atoms with Gasteiger partial charge in [0.25, 0.3) is 11.5 Å². The maximum atomic E-state index is 12.9. The molecule has 10 heteroatoms. The average molecular weight is 493 g/mol. The van der Waals surface area contributed by atoms with E-state index in [1.807, 2.05) is 0 Å². The number of allylic oxidation sites excluding steroid dienone is 1. The van der Waals surface area contributed by atoms with Crippen LogP contribution in [0.1, 0.15) is 33.3 Å². The number of nitriles is 1. The van der Waals surface area contributed by atoms with Gasteiger partial charge in [0, 0.05) is 11.1 Å². The van der Waals surface area contributed by atoms with Crippen LogP contribution in [0.3, 0.4) is 0 Å². The molecule has 182 valence electrons. The fourth-order valence-electron chi connectivity index (χ4n) is 4.19. The number of anilines is 1. The SMILES string of the molecule is CC1=C(C=O)O[C@@](C#N)(c2ccc3c(NC(=O)c4ccccc4)ncnn23)C1OC(=O)c1ccccc1. The third-order valence-electron chi connectivity index (χ3n) is 6.03. The molecule has 0 saturated carbocycles. The van der Waals surface area contributed by atoms with Gasteiger partial charge < -0.3 is 14.8 Å². The van der Waals surface area contributed by atoms with Gasteiger partial charge in [0.05, 0.1) is 5.56 Å². The molecule has 10 nitrogen and oxygen atoms in total. The second-order valence-corrected chi connectivity index (χ2v) is 8.21. The van der Waals surface area contributed by atoms with Gasteiger partial charge in [0.15, 0.2) is 24.0 Å². The second kappa shape index (κ2) is 9.39. The number of nitrogens with zero attached hydrogens (tertiary/aromatic N) is 4. The molecule has 2 aromatic carbocycles. The quantitative estimate of drug-likeness (QED) is 0.319. The molecule has 3 heterocycles. The molecule has 0 bridgehead atoms. The van der Waals surface area contributed by atoms with Crippen molar-refractivity contribution in [2.75, 3.05) is 5.32 Å². The number of carbonyl (C=O) groups is 3. The first-order valence-electron chi connectivity index (χ1n) is 11.2. The summed E-state index contributed by atoms with van der Waals surface area (Å²) in [6.45, 7) is 1.56. The Kier molecular flexibility index (Phi) is 5.95. The standard InChI is InChI=1S/C27H19N5O5/c1-17-21(14-33)37-27(15-28,23(17)36-26(35)19-10-6-3-7-11-19)22-13-12-20-24(29-16-30-32(20)22)31-25(34)18-8-4-2-5-9-18/h2-14,16,23H,1H3,(H,29,30,31,34)/t23?,27-/m0/s1. The molecular weight excluding hydrogens is 474 g/mol. The third-order valence-corrected chi connectivity index (χ3v) is 6.03. The molecule has 1 unspecified atom stereocenters. The Labute approximate surface area is 210 Å². The molecule has 0 fully saturated rings. The zero-order chi connectivity index (χ0) is 26.0. The summed E-state index contributed by atoms with van der Waals surface area (Å²) < 4.78 is 13.0. The lowest BCUT2D eigenvalue weighted by Gasteiger charge is -2.28. The molecule has 0 aliphatic carbocycles. The smallest absolute Gasteiger partial charge is 0.338 e. The normalized spacial score (nSPS) is 18.6. The monoisotopic (exact) mass is 493 g/mol. The van der Waals surface area contributed by atoms with Crippen molar-refractivity contribution in [2.45, 2.75) is 18.6 Å². The van der Waals surface area contributed by atoms with Crippen molar-refractivity contribution in [3.8, 4) is 6.07 Å². The predicted molar refractivity (Wildman–Crippen MR) is 130 cm³/mol. The number of amides is 1. The van der Waals surface area contributed by atoms with Crippen LogP contribution in [0, 0.1) is 11.3 Å². The van der Waals surface area contributed by atoms with Crippen LogP contribution >= 0.6 is 0 Å². The molecule has 4 aromatic rings. The van der Waals surface area contributed by atoms with Crippen LogP contribution in [0.2, 0.25) is 0 Å². The fraction of sp³-hybridized carbons (Fsp3) is 0.111. The first-order valence-corrected chi connectivity index (χ1v) is 11.2. The van der Waals surface area contributed by atoms with Crippen molar-refractivity contribution in [1.82, 2.24) is 14.6 Å². The van der Waals surface area contributed by atoms with Gasteiger partial charge in [0.2, 0.25) is 0 Å². The van der Waals surface area contributed by atoms with Crippen molar-refractivity contribution < 1.29 is 23.9 Å². The topological polar surface area (TPSA) is 136 Å². The molecular formula is C27H19N5O5. The predicted octanol–water partition coefficient (Wildman–Crippen LogP) is 3.43. The van der Waals surface area contributed by atoms with Gasteiger partial charge in [-0.25, -0.2) is 14.3 Å². The summed E-state index contributed by atoms with van der Waals surface area (Å²) in [4.78, 5) is 41.5. The van der Waals surface area contributed by atoms with E-state index in [2.05, 4.69) is 21.5 Å². The van der Waals surface area contributed by atoms with E-state index >= 15 is 0 Å². The lowest BCUT2D eigenvalue weighted by atomic mass is 9.91. The summed E-state index contributed by atoms with van der Waals surface area (Å²) in [5.74, 6) is -0.994. The first-order chi connectivity index (χ1) is 18.0. The summed E-state index contributed by atoms with van der Waals surface area (Å²) in [6, 6.07) is 22.1. The number of hydrogen-bond donors (Lipinski definition) is 1. The minimum absolute atomic E-state index is 0.117. The number of ether oxygens (including phenoxy) is 2. The lowest BCUT2D eigenvalue weighted by Crippen LogP contribution is -2.41. The highest BCUT2D eigenvalue weighted by atomic mass is 16.6. The van der Waals surface area contributed by atoms with Gasteiger partial charge in [-0.05, 0) is 43.3 Å². The zero-order valence-corrected chi connectivity index (χ0v) is 19.5. The number of esters is 1. The van der Waals surface area contributed by atoms with E-state index < -0.39 is 17.7 Å². The van der Waals surface area contributed by atoms with Crippen molar-refractivity contribution >= 4 is 29.5 Å². The van der Waals surface area contributed by atoms with Crippen LogP contribution in [-0.2, 0) is 19.9 Å². The van der Waals surface area contributed by atoms with Gasteiger partial charge in [0.1, 0.15) is 23.6 Å². The van der Waals surface area contributed by atoms with E-state index in [1.165, 1.54) is 10.8 Å². The molecule has 0 spiro atoms. The highest BCUT2D eigenvalue weighted by Gasteiger charge is 2.55. The van der Waals surface area contributed by atoms with Gasteiger partial charge in [-0.1, -0.05) is 36.4 Å². The highest BCUT2D eigenvalue weighted by molar-refractivity contribution is 6.05. The fourth-order valence-corrected chi connectivity index (χ4v) is 4.19. The Balaban J connectivity index is 1.55. The number of rotatable bonds is 6. The number of aldehydes is 1. The Morgan fingerprint density at radius 2 is 1.76 bits per heavy atom.